The summed E-state index contributed by atoms with van der Waals surface area (Å²) in [7, 11) is 0. The number of halogens is 1. The average molecular weight is 423 g/mol. The molecule has 2 heterocycles. The highest BCUT2D eigenvalue weighted by Crippen LogP contribution is 2.29. The number of nitrogens with zero attached hydrogens (tertiary/aromatic N) is 2. The summed E-state index contributed by atoms with van der Waals surface area (Å²) in [6.07, 6.45) is 2.53. The van der Waals surface area contributed by atoms with Crippen molar-refractivity contribution in [3.8, 4) is 16.9 Å². The minimum atomic E-state index is 0.00805. The fourth-order valence-electron chi connectivity index (χ4n) is 3.46. The molecule has 30 heavy (non-hydrogen) atoms. The number of likely N-dealkylation sites (tertiary alicyclic amines) is 1. The van der Waals surface area contributed by atoms with Crippen LogP contribution in [0.25, 0.3) is 11.1 Å². The van der Waals surface area contributed by atoms with Gasteiger partial charge in [0.25, 0.3) is 5.91 Å². The Kier molecular flexibility index (Phi) is 5.88. The van der Waals surface area contributed by atoms with Crippen molar-refractivity contribution in [1.29, 1.82) is 0 Å². The van der Waals surface area contributed by atoms with Crippen LogP contribution in [0.4, 0.5) is 5.82 Å². The number of carbonyl (C=O) groups is 1. The van der Waals surface area contributed by atoms with Gasteiger partial charge in [0.2, 0.25) is 0 Å². The van der Waals surface area contributed by atoms with Crippen molar-refractivity contribution in [2.24, 2.45) is 5.73 Å². The standard InChI is InChI=1S/C23H23ClN4O2/c24-20-4-2-1-3-17(20)14-30-21-11-18(12-27-22(21)26)15-5-7-16(8-6-15)23(29)28-10-9-19(25)13-28/h1-8,11-12,19H,9-10,13-14,25H2,(H2,26,27)/t19-/m0/s1. The van der Waals surface area contributed by atoms with Crippen molar-refractivity contribution in [3.05, 3.63) is 76.9 Å². The van der Waals surface area contributed by atoms with Crippen LogP contribution in [0.2, 0.25) is 5.02 Å². The number of hydrogen-bond donors (Lipinski definition) is 2. The van der Waals surface area contributed by atoms with Crippen LogP contribution in [-0.4, -0.2) is 34.9 Å². The maximum atomic E-state index is 12.6. The van der Waals surface area contributed by atoms with Crippen LogP contribution in [0.1, 0.15) is 22.3 Å². The first-order valence-corrected chi connectivity index (χ1v) is 10.2. The smallest absolute Gasteiger partial charge is 0.253 e. The number of amides is 1. The number of rotatable bonds is 5. The van der Waals surface area contributed by atoms with Crippen LogP contribution in [0.15, 0.2) is 60.8 Å². The summed E-state index contributed by atoms with van der Waals surface area (Å²) < 4.78 is 5.86. The van der Waals surface area contributed by atoms with Crippen LogP contribution in [-0.2, 0) is 6.61 Å². The zero-order valence-electron chi connectivity index (χ0n) is 16.4. The van der Waals surface area contributed by atoms with Crippen molar-refractivity contribution in [3.63, 3.8) is 0 Å². The van der Waals surface area contributed by atoms with Crippen LogP contribution < -0.4 is 16.2 Å². The molecule has 3 aromatic rings. The molecule has 1 aliphatic rings. The maximum Gasteiger partial charge on any atom is 0.253 e. The zero-order valence-corrected chi connectivity index (χ0v) is 17.2. The molecule has 4 rings (SSSR count). The number of aromatic nitrogens is 1. The Morgan fingerprint density at radius 2 is 1.93 bits per heavy atom. The third kappa shape index (κ3) is 4.40. The van der Waals surface area contributed by atoms with Gasteiger partial charge in [-0.25, -0.2) is 4.98 Å². The summed E-state index contributed by atoms with van der Waals surface area (Å²) in [5, 5.41) is 0.638. The summed E-state index contributed by atoms with van der Waals surface area (Å²) in [6.45, 7) is 1.60. The van der Waals surface area contributed by atoms with Gasteiger partial charge < -0.3 is 21.1 Å². The second-order valence-corrected chi connectivity index (χ2v) is 7.77. The van der Waals surface area contributed by atoms with Gasteiger partial charge in [-0.3, -0.25) is 4.79 Å². The van der Waals surface area contributed by atoms with Gasteiger partial charge in [0.15, 0.2) is 11.6 Å². The number of hydrogen-bond acceptors (Lipinski definition) is 5. The Balaban J connectivity index is 1.49. The molecule has 0 aliphatic carbocycles. The molecular weight excluding hydrogens is 400 g/mol. The summed E-state index contributed by atoms with van der Waals surface area (Å²) in [6, 6.07) is 16.8. The topological polar surface area (TPSA) is 94.5 Å². The lowest BCUT2D eigenvalue weighted by atomic mass is 10.0. The van der Waals surface area contributed by atoms with E-state index in [1.165, 1.54) is 0 Å². The van der Waals surface area contributed by atoms with E-state index < -0.39 is 0 Å². The van der Waals surface area contributed by atoms with E-state index in [0.29, 0.717) is 41.8 Å². The van der Waals surface area contributed by atoms with Gasteiger partial charge in [0.1, 0.15) is 6.61 Å². The predicted octanol–water partition coefficient (Wildman–Crippen LogP) is 3.74. The predicted molar refractivity (Wildman–Crippen MR) is 118 cm³/mol. The monoisotopic (exact) mass is 422 g/mol. The molecule has 154 valence electrons. The molecule has 1 atom stereocenters. The molecule has 6 nitrogen and oxygen atoms in total. The first-order valence-electron chi connectivity index (χ1n) is 9.78. The van der Waals surface area contributed by atoms with Gasteiger partial charge in [-0.15, -0.1) is 0 Å². The Morgan fingerprint density at radius 3 is 2.63 bits per heavy atom. The molecule has 0 unspecified atom stereocenters. The van der Waals surface area contributed by atoms with E-state index in [-0.39, 0.29) is 11.9 Å². The Hall–Kier alpha value is -3.09. The number of ether oxygens (including phenoxy) is 1. The summed E-state index contributed by atoms with van der Waals surface area (Å²) in [5.41, 5.74) is 15.2. The number of nitrogens with two attached hydrogens (primary N) is 2. The fourth-order valence-corrected chi connectivity index (χ4v) is 3.65. The maximum absolute atomic E-state index is 12.6. The van der Waals surface area contributed by atoms with Crippen molar-refractivity contribution >= 4 is 23.3 Å². The number of benzene rings is 2. The Labute approximate surface area is 180 Å². The molecule has 2 aromatic carbocycles. The molecule has 0 radical (unpaired) electrons. The molecular formula is C23H23ClN4O2. The van der Waals surface area contributed by atoms with Crippen LogP contribution in [0.5, 0.6) is 5.75 Å². The quantitative estimate of drug-likeness (QED) is 0.653. The minimum absolute atomic E-state index is 0.00805. The summed E-state index contributed by atoms with van der Waals surface area (Å²) in [4.78, 5) is 18.6. The van der Waals surface area contributed by atoms with E-state index in [9.17, 15) is 4.79 Å². The van der Waals surface area contributed by atoms with E-state index >= 15 is 0 Å². The van der Waals surface area contributed by atoms with Crippen LogP contribution in [0.3, 0.4) is 0 Å². The highest BCUT2D eigenvalue weighted by atomic mass is 35.5. The van der Waals surface area contributed by atoms with Gasteiger partial charge in [0, 0.05) is 47.0 Å². The molecule has 0 saturated carbocycles. The molecule has 1 saturated heterocycles. The Bertz CT molecular complexity index is 1060. The lowest BCUT2D eigenvalue weighted by Gasteiger charge is -2.16. The van der Waals surface area contributed by atoms with E-state index in [1.54, 1.807) is 11.1 Å². The zero-order chi connectivity index (χ0) is 21.1. The molecule has 1 fully saturated rings. The second-order valence-electron chi connectivity index (χ2n) is 7.36. The first-order chi connectivity index (χ1) is 14.5. The molecule has 1 amide bonds. The normalized spacial score (nSPS) is 15.9. The highest BCUT2D eigenvalue weighted by molar-refractivity contribution is 6.31. The molecule has 1 aromatic heterocycles. The van der Waals surface area contributed by atoms with Gasteiger partial charge in [-0.05, 0) is 36.2 Å². The number of anilines is 1. The third-order valence-corrected chi connectivity index (χ3v) is 5.57. The average Bonchev–Trinajstić information content (AvgIpc) is 3.20. The van der Waals surface area contributed by atoms with Gasteiger partial charge in [-0.2, -0.15) is 0 Å². The largest absolute Gasteiger partial charge is 0.485 e. The van der Waals surface area contributed by atoms with Crippen molar-refractivity contribution < 1.29 is 9.53 Å². The molecule has 0 bridgehead atoms. The SMILES string of the molecule is Nc1ncc(-c2ccc(C(=O)N3CC[C@H](N)C3)cc2)cc1OCc1ccccc1Cl. The van der Waals surface area contributed by atoms with Crippen LogP contribution >= 0.6 is 11.6 Å². The summed E-state index contributed by atoms with van der Waals surface area (Å²) in [5.74, 6) is 0.801. The molecule has 0 spiro atoms. The van der Waals surface area contributed by atoms with Crippen molar-refractivity contribution in [2.75, 3.05) is 18.8 Å². The molecule has 4 N–H and O–H groups in total. The minimum Gasteiger partial charge on any atom is -0.485 e. The fraction of sp³-hybridized carbons (Fsp3) is 0.217. The second kappa shape index (κ2) is 8.73. The third-order valence-electron chi connectivity index (χ3n) is 5.20. The number of pyridine rings is 1. The van der Waals surface area contributed by atoms with Crippen LogP contribution in [0, 0.1) is 0 Å². The Morgan fingerprint density at radius 1 is 1.17 bits per heavy atom. The number of carbonyl (C=O) groups excluding carboxylic acids is 1. The highest BCUT2D eigenvalue weighted by Gasteiger charge is 2.24. The van der Waals surface area contributed by atoms with E-state index in [4.69, 9.17) is 27.8 Å². The molecule has 1 aliphatic heterocycles. The van der Waals surface area contributed by atoms with Crippen molar-refractivity contribution in [1.82, 2.24) is 9.88 Å². The molecule has 7 heteroatoms. The summed E-state index contributed by atoms with van der Waals surface area (Å²) >= 11 is 6.19. The van der Waals surface area contributed by atoms with E-state index in [1.807, 2.05) is 54.6 Å². The number of nitrogen functional groups attached to an aromatic ring is 1. The van der Waals surface area contributed by atoms with E-state index in [2.05, 4.69) is 4.98 Å². The van der Waals surface area contributed by atoms with Gasteiger partial charge in [-0.1, -0.05) is 41.9 Å². The first kappa shape index (κ1) is 20.2. The lowest BCUT2D eigenvalue weighted by molar-refractivity contribution is 0.0791. The lowest BCUT2D eigenvalue weighted by Crippen LogP contribution is -2.31. The van der Waals surface area contributed by atoms with Gasteiger partial charge >= 0.3 is 0 Å². The van der Waals surface area contributed by atoms with Gasteiger partial charge in [0.05, 0.1) is 0 Å². The van der Waals surface area contributed by atoms with E-state index in [0.717, 1.165) is 23.1 Å². The van der Waals surface area contributed by atoms with Crippen molar-refractivity contribution in [2.45, 2.75) is 19.1 Å².